The van der Waals surface area contributed by atoms with Crippen LogP contribution in [-0.2, 0) is 22.6 Å². The van der Waals surface area contributed by atoms with Crippen molar-refractivity contribution in [2.75, 3.05) is 20.7 Å². The van der Waals surface area contributed by atoms with Gasteiger partial charge in [-0.2, -0.15) is 0 Å². The highest BCUT2D eigenvalue weighted by Gasteiger charge is 2.63. The molecule has 218 valence electrons. The van der Waals surface area contributed by atoms with Gasteiger partial charge in [-0.25, -0.2) is 0 Å². The summed E-state index contributed by atoms with van der Waals surface area (Å²) in [5, 5.41) is 58.0. The summed E-state index contributed by atoms with van der Waals surface area (Å²) in [6.45, 7) is 5.97. The van der Waals surface area contributed by atoms with Crippen LogP contribution in [0.2, 0.25) is 5.02 Å². The number of hydrogen-bond acceptors (Lipinski definition) is 10. The minimum absolute atomic E-state index is 0.0259. The van der Waals surface area contributed by atoms with E-state index in [0.29, 0.717) is 11.1 Å². The maximum Gasteiger partial charge on any atom is 0.255 e. The van der Waals surface area contributed by atoms with Gasteiger partial charge in [-0.15, -0.1) is 0 Å². The first-order valence-electron chi connectivity index (χ1n) is 13.0. The van der Waals surface area contributed by atoms with Crippen molar-refractivity contribution in [2.45, 2.75) is 57.8 Å². The number of phenols is 1. The van der Waals surface area contributed by atoms with Crippen molar-refractivity contribution in [1.29, 1.82) is 0 Å². The molecule has 0 unspecified atom stereocenters. The number of fused-ring (bicyclic) bond motifs is 3. The smallest absolute Gasteiger partial charge is 0.255 e. The minimum atomic E-state index is -2.69. The van der Waals surface area contributed by atoms with Crippen LogP contribution in [0.3, 0.4) is 0 Å². The van der Waals surface area contributed by atoms with Crippen LogP contribution in [0.1, 0.15) is 48.7 Å². The average Bonchev–Trinajstić information content (AvgIpc) is 2.83. The van der Waals surface area contributed by atoms with Crippen molar-refractivity contribution in [3.8, 4) is 5.75 Å². The lowest BCUT2D eigenvalue weighted by molar-refractivity contribution is -0.148. The van der Waals surface area contributed by atoms with E-state index in [2.05, 4.69) is 5.32 Å². The molecule has 1 aromatic carbocycles. The summed E-state index contributed by atoms with van der Waals surface area (Å²) >= 11 is 6.76. The maximum absolute atomic E-state index is 13.7. The summed E-state index contributed by atoms with van der Waals surface area (Å²) < 4.78 is 0. The van der Waals surface area contributed by atoms with E-state index in [1.165, 1.54) is 11.0 Å². The van der Waals surface area contributed by atoms with Gasteiger partial charge in [-0.1, -0.05) is 32.4 Å². The van der Waals surface area contributed by atoms with E-state index < -0.39 is 58.0 Å². The van der Waals surface area contributed by atoms with E-state index >= 15 is 0 Å². The van der Waals surface area contributed by atoms with Crippen LogP contribution in [-0.4, -0.2) is 86.3 Å². The molecule has 0 fully saturated rings. The number of hydrogen-bond donors (Lipinski definition) is 7. The predicted molar refractivity (Wildman–Crippen MR) is 146 cm³/mol. The SMILES string of the molecule is CN(C)[C@@H]1C(O)=C(C(N)=O)C(=O)[C@@]2(O)C(O)=C3C(=O)c4c(O)cc(CN[C@H](CO)C(C)(C)C)c(Cl)c4C[C@H]3C[C@@H]12. The van der Waals surface area contributed by atoms with Crippen LogP contribution < -0.4 is 11.1 Å². The van der Waals surface area contributed by atoms with Crippen molar-refractivity contribution in [2.24, 2.45) is 23.0 Å². The standard InChI is InChI=1S/C28H36ClN3O8/c1-27(2,3)16(10-33)31-9-12-8-15(34)18-13(20(12)29)6-11-7-14-21(32(4)5)23(36)19(26(30)39)25(38)28(14,40)24(37)17(11)22(18)35/h8,11,14,16,21,31,33-34,36-37,40H,6-7,9-10H2,1-5H3,(H2,30,39)/t11-,14-,16+,21-,28-/m0/s1. The molecule has 5 atom stereocenters. The van der Waals surface area contributed by atoms with Gasteiger partial charge in [0.25, 0.3) is 5.91 Å². The Morgan fingerprint density at radius 3 is 2.40 bits per heavy atom. The quantitative estimate of drug-likeness (QED) is 0.242. The number of phenolic OH excluding ortho intramolecular Hbond substituents is 1. The number of benzene rings is 1. The summed E-state index contributed by atoms with van der Waals surface area (Å²) in [5.74, 6) is -7.14. The van der Waals surface area contributed by atoms with Gasteiger partial charge >= 0.3 is 0 Å². The van der Waals surface area contributed by atoms with Gasteiger partial charge < -0.3 is 36.6 Å². The topological polar surface area (TPSA) is 194 Å². The third kappa shape index (κ3) is 4.40. The van der Waals surface area contributed by atoms with Crippen molar-refractivity contribution in [1.82, 2.24) is 10.2 Å². The number of nitrogens with zero attached hydrogens (tertiary/aromatic N) is 1. The zero-order valence-corrected chi connectivity index (χ0v) is 23.8. The Labute approximate surface area is 236 Å². The molecule has 12 heteroatoms. The van der Waals surface area contributed by atoms with Gasteiger partial charge in [-0.05, 0) is 55.5 Å². The Balaban J connectivity index is 1.82. The summed E-state index contributed by atoms with van der Waals surface area (Å²) in [4.78, 5) is 40.7. The minimum Gasteiger partial charge on any atom is -0.510 e. The molecule has 0 aliphatic heterocycles. The molecule has 3 aliphatic carbocycles. The number of allylic oxidation sites excluding steroid dienone is 1. The molecule has 11 nitrogen and oxygen atoms in total. The molecule has 0 saturated heterocycles. The van der Waals surface area contributed by atoms with Crippen LogP contribution in [0.5, 0.6) is 5.75 Å². The Morgan fingerprint density at radius 2 is 1.88 bits per heavy atom. The lowest BCUT2D eigenvalue weighted by atomic mass is 9.58. The summed E-state index contributed by atoms with van der Waals surface area (Å²) in [7, 11) is 3.14. The largest absolute Gasteiger partial charge is 0.510 e. The third-order valence-electron chi connectivity index (χ3n) is 8.50. The molecule has 0 spiro atoms. The van der Waals surface area contributed by atoms with Crippen LogP contribution in [0.15, 0.2) is 28.7 Å². The van der Waals surface area contributed by atoms with Gasteiger partial charge in [0.1, 0.15) is 22.8 Å². The number of nitrogens with one attached hydrogen (secondary N) is 1. The molecule has 0 saturated carbocycles. The summed E-state index contributed by atoms with van der Waals surface area (Å²) in [5.41, 5.74) is 2.00. The van der Waals surface area contributed by atoms with E-state index in [9.17, 15) is 39.9 Å². The van der Waals surface area contributed by atoms with Crippen molar-refractivity contribution < 1.29 is 39.9 Å². The highest BCUT2D eigenvalue weighted by molar-refractivity contribution is 6.33. The molecule has 0 heterocycles. The number of rotatable bonds is 6. The molecular formula is C28H36ClN3O8. The first-order chi connectivity index (χ1) is 18.5. The fourth-order valence-electron chi connectivity index (χ4n) is 6.36. The van der Waals surface area contributed by atoms with E-state index in [0.717, 1.165) is 0 Å². The zero-order valence-electron chi connectivity index (χ0n) is 23.1. The first-order valence-corrected chi connectivity index (χ1v) is 13.4. The molecule has 3 aliphatic rings. The molecule has 40 heavy (non-hydrogen) atoms. The Bertz CT molecular complexity index is 1360. The normalized spacial score (nSPS) is 27.5. The number of carbonyl (C=O) groups is 3. The summed E-state index contributed by atoms with van der Waals surface area (Å²) in [6, 6.07) is -0.0114. The predicted octanol–water partition coefficient (Wildman–Crippen LogP) is 1.27. The van der Waals surface area contributed by atoms with Crippen LogP contribution in [0, 0.1) is 17.3 Å². The number of halogens is 1. The number of aliphatic hydroxyl groups is 4. The fraction of sp³-hybridized carbons (Fsp3) is 0.536. The average molecular weight is 578 g/mol. The van der Waals surface area contributed by atoms with Gasteiger partial charge in [-0.3, -0.25) is 19.3 Å². The van der Waals surface area contributed by atoms with Gasteiger partial charge in [0.05, 0.1) is 18.2 Å². The van der Waals surface area contributed by atoms with E-state index in [1.54, 1.807) is 14.1 Å². The number of Topliss-reactive ketones (excluding diaryl/α,β-unsaturated/α-hetero) is 2. The second kappa shape index (κ2) is 10.1. The molecule has 8 N–H and O–H groups in total. The van der Waals surface area contributed by atoms with Crippen LogP contribution in [0.4, 0.5) is 0 Å². The summed E-state index contributed by atoms with van der Waals surface area (Å²) in [6.07, 6.45) is 0.0689. The monoisotopic (exact) mass is 577 g/mol. The van der Waals surface area contributed by atoms with Crippen LogP contribution >= 0.6 is 11.6 Å². The van der Waals surface area contributed by atoms with E-state index in [-0.39, 0.29) is 59.4 Å². The number of aromatic hydroxyl groups is 1. The molecule has 1 amide bonds. The lowest BCUT2D eigenvalue weighted by Crippen LogP contribution is -2.63. The zero-order chi connectivity index (χ0) is 30.1. The Hall–Kier alpha value is -2.96. The molecule has 0 radical (unpaired) electrons. The van der Waals surface area contributed by atoms with Crippen molar-refractivity contribution in [3.63, 3.8) is 0 Å². The molecule has 4 rings (SSSR count). The Kier molecular flexibility index (Phi) is 7.61. The first kappa shape index (κ1) is 30.0. The second-order valence-electron chi connectivity index (χ2n) is 12.2. The van der Waals surface area contributed by atoms with Gasteiger partial charge in [0.2, 0.25) is 5.78 Å². The highest BCUT2D eigenvalue weighted by atomic mass is 35.5. The van der Waals surface area contributed by atoms with Gasteiger partial charge in [0.15, 0.2) is 11.4 Å². The Morgan fingerprint density at radius 1 is 1.25 bits per heavy atom. The number of nitrogens with two attached hydrogens (primary N) is 1. The third-order valence-corrected chi connectivity index (χ3v) is 8.97. The molecule has 0 aromatic heterocycles. The fourth-order valence-corrected chi connectivity index (χ4v) is 6.65. The van der Waals surface area contributed by atoms with Crippen molar-refractivity contribution >= 4 is 29.1 Å². The molecule has 1 aromatic rings. The maximum atomic E-state index is 13.7. The van der Waals surface area contributed by atoms with E-state index in [1.807, 2.05) is 20.8 Å². The highest BCUT2D eigenvalue weighted by Crippen LogP contribution is 2.53. The number of carbonyl (C=O) groups excluding carboxylic acids is 3. The molecule has 0 bridgehead atoms. The number of likely N-dealkylation sites (N-methyl/N-ethyl adjacent to an activating group) is 1. The lowest BCUT2D eigenvalue weighted by Gasteiger charge is -2.50. The number of aliphatic hydroxyl groups excluding tert-OH is 3. The number of ketones is 2. The van der Waals surface area contributed by atoms with E-state index in [4.69, 9.17) is 17.3 Å². The number of primary amides is 1. The van der Waals surface area contributed by atoms with Crippen molar-refractivity contribution in [3.05, 3.63) is 50.4 Å². The second-order valence-corrected chi connectivity index (χ2v) is 12.5. The van der Waals surface area contributed by atoms with Crippen LogP contribution in [0.25, 0.3) is 0 Å². The van der Waals surface area contributed by atoms with Gasteiger partial charge in [0, 0.05) is 29.1 Å². The molecular weight excluding hydrogens is 542 g/mol. The number of amides is 1.